The van der Waals surface area contributed by atoms with Crippen molar-refractivity contribution in [2.45, 2.75) is 34.6 Å². The molecule has 0 N–H and O–H groups in total. The number of hydrogen-bond acceptors (Lipinski definition) is 1. The maximum atomic E-state index is 5.36. The van der Waals surface area contributed by atoms with Crippen LogP contribution in [0.25, 0.3) is 0 Å². The first-order valence-corrected chi connectivity index (χ1v) is 5.21. The van der Waals surface area contributed by atoms with Gasteiger partial charge in [0.15, 0.2) is 0 Å². The predicted octanol–water partition coefficient (Wildman–Crippen LogP) is 4.25. The average Bonchev–Trinajstić information content (AvgIpc) is 1.96. The SMILES string of the molecule is CC=C(C(OC)=C(C)Br)C(C)(C)C. The molecule has 0 saturated heterocycles. The predicted molar refractivity (Wildman–Crippen MR) is 61.8 cm³/mol. The molecule has 0 unspecified atom stereocenters. The van der Waals surface area contributed by atoms with Gasteiger partial charge in [-0.15, -0.1) is 0 Å². The second kappa shape index (κ2) is 4.85. The van der Waals surface area contributed by atoms with Gasteiger partial charge in [-0.2, -0.15) is 0 Å². The molecular weight excluding hydrogens is 228 g/mol. The molecular formula is C11H19BrO. The highest BCUT2D eigenvalue weighted by Crippen LogP contribution is 2.34. The average molecular weight is 247 g/mol. The molecule has 76 valence electrons. The second-order valence-corrected chi connectivity index (χ2v) is 5.21. The van der Waals surface area contributed by atoms with Crippen LogP contribution in [0.1, 0.15) is 34.6 Å². The first-order valence-electron chi connectivity index (χ1n) is 4.42. The Balaban J connectivity index is 5.13. The summed E-state index contributed by atoms with van der Waals surface area (Å²) >= 11 is 3.45. The molecule has 0 aromatic heterocycles. The summed E-state index contributed by atoms with van der Waals surface area (Å²) in [6.07, 6.45) is 2.10. The molecule has 13 heavy (non-hydrogen) atoms. The molecule has 0 bridgehead atoms. The highest BCUT2D eigenvalue weighted by atomic mass is 79.9. The number of hydrogen-bond donors (Lipinski definition) is 0. The normalized spacial score (nSPS) is 15.5. The van der Waals surface area contributed by atoms with Gasteiger partial charge in [0.05, 0.1) is 7.11 Å². The van der Waals surface area contributed by atoms with Crippen LogP contribution in [0.4, 0.5) is 0 Å². The van der Waals surface area contributed by atoms with Gasteiger partial charge in [0.25, 0.3) is 0 Å². The number of methoxy groups -OCH3 is 1. The molecule has 2 heteroatoms. The third kappa shape index (κ3) is 3.55. The van der Waals surface area contributed by atoms with Crippen LogP contribution in [0.3, 0.4) is 0 Å². The van der Waals surface area contributed by atoms with E-state index in [1.165, 1.54) is 5.57 Å². The lowest BCUT2D eigenvalue weighted by Crippen LogP contribution is -2.13. The zero-order valence-corrected chi connectivity index (χ0v) is 10.9. The van der Waals surface area contributed by atoms with E-state index in [-0.39, 0.29) is 5.41 Å². The number of allylic oxidation sites excluding steroid dienone is 3. The smallest absolute Gasteiger partial charge is 0.132 e. The molecule has 0 saturated carbocycles. The molecule has 0 radical (unpaired) electrons. The van der Waals surface area contributed by atoms with Crippen LogP contribution in [0.2, 0.25) is 0 Å². The third-order valence-electron chi connectivity index (χ3n) is 1.86. The minimum absolute atomic E-state index is 0.120. The van der Waals surface area contributed by atoms with Gasteiger partial charge in [0.2, 0.25) is 0 Å². The zero-order chi connectivity index (χ0) is 10.6. The van der Waals surface area contributed by atoms with Gasteiger partial charge in [0.1, 0.15) is 5.76 Å². The zero-order valence-electron chi connectivity index (χ0n) is 9.36. The number of halogens is 1. The maximum Gasteiger partial charge on any atom is 0.132 e. The Labute approximate surface area is 90.0 Å². The lowest BCUT2D eigenvalue weighted by atomic mass is 9.85. The molecule has 0 heterocycles. The second-order valence-electron chi connectivity index (χ2n) is 4.02. The van der Waals surface area contributed by atoms with E-state index in [0.717, 1.165) is 10.2 Å². The summed E-state index contributed by atoms with van der Waals surface area (Å²) in [6, 6.07) is 0. The van der Waals surface area contributed by atoms with E-state index in [0.29, 0.717) is 0 Å². The van der Waals surface area contributed by atoms with Crippen molar-refractivity contribution in [3.63, 3.8) is 0 Å². The first-order chi connectivity index (χ1) is 5.84. The summed E-state index contributed by atoms with van der Waals surface area (Å²) < 4.78 is 6.40. The molecule has 1 nitrogen and oxygen atoms in total. The number of rotatable bonds is 2. The molecule has 0 aliphatic carbocycles. The Morgan fingerprint density at radius 1 is 1.31 bits per heavy atom. The fourth-order valence-corrected chi connectivity index (χ4v) is 1.72. The van der Waals surface area contributed by atoms with E-state index in [2.05, 4.69) is 42.8 Å². The van der Waals surface area contributed by atoms with Crippen molar-refractivity contribution in [1.29, 1.82) is 0 Å². The highest BCUT2D eigenvalue weighted by Gasteiger charge is 2.21. The summed E-state index contributed by atoms with van der Waals surface area (Å²) in [5.74, 6) is 0.940. The molecule has 0 aliphatic heterocycles. The van der Waals surface area contributed by atoms with Crippen LogP contribution in [0, 0.1) is 5.41 Å². The van der Waals surface area contributed by atoms with Crippen molar-refractivity contribution in [2.75, 3.05) is 7.11 Å². The van der Waals surface area contributed by atoms with Crippen molar-refractivity contribution >= 4 is 15.9 Å². The quantitative estimate of drug-likeness (QED) is 0.523. The van der Waals surface area contributed by atoms with E-state index < -0.39 is 0 Å². The maximum absolute atomic E-state index is 5.36. The van der Waals surface area contributed by atoms with E-state index in [1.54, 1.807) is 7.11 Å². The lowest BCUT2D eigenvalue weighted by Gasteiger charge is -2.24. The van der Waals surface area contributed by atoms with Crippen molar-refractivity contribution < 1.29 is 4.74 Å². The minimum atomic E-state index is 0.120. The summed E-state index contributed by atoms with van der Waals surface area (Å²) in [6.45, 7) is 10.6. The van der Waals surface area contributed by atoms with Crippen molar-refractivity contribution in [3.8, 4) is 0 Å². The van der Waals surface area contributed by atoms with E-state index in [4.69, 9.17) is 4.74 Å². The van der Waals surface area contributed by atoms with Crippen LogP contribution in [0.15, 0.2) is 21.9 Å². The van der Waals surface area contributed by atoms with Crippen molar-refractivity contribution in [1.82, 2.24) is 0 Å². The summed E-state index contributed by atoms with van der Waals surface area (Å²) in [4.78, 5) is 0. The Morgan fingerprint density at radius 3 is 1.85 bits per heavy atom. The van der Waals surface area contributed by atoms with Gasteiger partial charge >= 0.3 is 0 Å². The largest absolute Gasteiger partial charge is 0.496 e. The van der Waals surface area contributed by atoms with Gasteiger partial charge in [-0.1, -0.05) is 42.8 Å². The van der Waals surface area contributed by atoms with E-state index >= 15 is 0 Å². The van der Waals surface area contributed by atoms with Crippen molar-refractivity contribution in [2.24, 2.45) is 5.41 Å². The summed E-state index contributed by atoms with van der Waals surface area (Å²) in [7, 11) is 1.70. The van der Waals surface area contributed by atoms with Crippen LogP contribution in [0.5, 0.6) is 0 Å². The Bertz CT molecular complexity index is 227. The van der Waals surface area contributed by atoms with Gasteiger partial charge in [-0.05, 0) is 24.8 Å². The minimum Gasteiger partial charge on any atom is -0.496 e. The molecule has 0 fully saturated rings. The van der Waals surface area contributed by atoms with Crippen LogP contribution >= 0.6 is 15.9 Å². The fraction of sp³-hybridized carbons (Fsp3) is 0.636. The topological polar surface area (TPSA) is 9.23 Å². The lowest BCUT2D eigenvalue weighted by molar-refractivity contribution is 0.280. The van der Waals surface area contributed by atoms with E-state index in [9.17, 15) is 0 Å². The molecule has 0 aromatic rings. The summed E-state index contributed by atoms with van der Waals surface area (Å²) in [5.41, 5.74) is 1.35. The Hall–Kier alpha value is -0.240. The van der Waals surface area contributed by atoms with Crippen molar-refractivity contribution in [3.05, 3.63) is 21.9 Å². The Morgan fingerprint density at radius 2 is 1.77 bits per heavy atom. The first kappa shape index (κ1) is 12.8. The monoisotopic (exact) mass is 246 g/mol. The van der Waals surface area contributed by atoms with Crippen LogP contribution < -0.4 is 0 Å². The summed E-state index contributed by atoms with van der Waals surface area (Å²) in [5, 5.41) is 0. The van der Waals surface area contributed by atoms with Gasteiger partial charge < -0.3 is 4.74 Å². The molecule has 0 spiro atoms. The molecule has 0 amide bonds. The Kier molecular flexibility index (Phi) is 4.76. The van der Waals surface area contributed by atoms with E-state index in [1.807, 2.05) is 13.8 Å². The van der Waals surface area contributed by atoms with Gasteiger partial charge in [-0.3, -0.25) is 0 Å². The highest BCUT2D eigenvalue weighted by molar-refractivity contribution is 9.11. The standard InChI is InChI=1S/C11H19BrO/c1-7-9(11(3,4)5)10(13-6)8(2)12/h7H,1-6H3. The fourth-order valence-electron chi connectivity index (χ4n) is 1.34. The number of ether oxygens (including phenoxy) is 1. The molecule has 0 atom stereocenters. The van der Waals surface area contributed by atoms with Crippen LogP contribution in [-0.4, -0.2) is 7.11 Å². The third-order valence-corrected chi connectivity index (χ3v) is 2.22. The molecule has 0 aliphatic rings. The molecule has 0 rings (SSSR count). The van der Waals surface area contributed by atoms with Gasteiger partial charge in [0, 0.05) is 4.48 Å². The molecule has 0 aromatic carbocycles. The van der Waals surface area contributed by atoms with Gasteiger partial charge in [-0.25, -0.2) is 0 Å². The van der Waals surface area contributed by atoms with Crippen LogP contribution in [-0.2, 0) is 4.74 Å².